The van der Waals surface area contributed by atoms with Crippen LogP contribution in [0.2, 0.25) is 5.02 Å². The second kappa shape index (κ2) is 7.24. The predicted molar refractivity (Wildman–Crippen MR) is 84.9 cm³/mol. The molecule has 0 unspecified atom stereocenters. The lowest BCUT2D eigenvalue weighted by Crippen LogP contribution is -2.42. The van der Waals surface area contributed by atoms with Gasteiger partial charge in [0.1, 0.15) is 0 Å². The van der Waals surface area contributed by atoms with E-state index in [2.05, 4.69) is 26.8 Å². The SMILES string of the molecule is O=C(Cc1ccc(Cl)cc1)NNC(=O)c1cccc(Br)c1. The molecule has 0 aliphatic rings. The molecule has 0 heterocycles. The molecule has 21 heavy (non-hydrogen) atoms. The van der Waals surface area contributed by atoms with Gasteiger partial charge in [-0.1, -0.05) is 45.7 Å². The minimum Gasteiger partial charge on any atom is -0.273 e. The third-order valence-electron chi connectivity index (χ3n) is 2.68. The van der Waals surface area contributed by atoms with Gasteiger partial charge in [0.05, 0.1) is 6.42 Å². The fourth-order valence-electron chi connectivity index (χ4n) is 1.66. The quantitative estimate of drug-likeness (QED) is 0.819. The number of halogens is 2. The minimum absolute atomic E-state index is 0.163. The number of benzene rings is 2. The van der Waals surface area contributed by atoms with Crippen molar-refractivity contribution in [3.05, 3.63) is 69.2 Å². The summed E-state index contributed by atoms with van der Waals surface area (Å²) in [5.74, 6) is -0.679. The topological polar surface area (TPSA) is 58.2 Å². The molecule has 0 aliphatic heterocycles. The molecule has 0 aromatic heterocycles. The van der Waals surface area contributed by atoms with Crippen molar-refractivity contribution in [2.24, 2.45) is 0 Å². The fraction of sp³-hybridized carbons (Fsp3) is 0.0667. The highest BCUT2D eigenvalue weighted by molar-refractivity contribution is 9.10. The zero-order valence-corrected chi connectivity index (χ0v) is 13.2. The van der Waals surface area contributed by atoms with Crippen LogP contribution in [0.3, 0.4) is 0 Å². The summed E-state index contributed by atoms with van der Waals surface area (Å²) in [6.07, 6.45) is 0.163. The van der Waals surface area contributed by atoms with Crippen LogP contribution in [-0.4, -0.2) is 11.8 Å². The number of hydrazine groups is 1. The van der Waals surface area contributed by atoms with E-state index >= 15 is 0 Å². The first-order valence-corrected chi connectivity index (χ1v) is 7.31. The van der Waals surface area contributed by atoms with Crippen LogP contribution in [0.5, 0.6) is 0 Å². The minimum atomic E-state index is -0.374. The Labute approximate surface area is 135 Å². The maximum atomic E-state index is 11.8. The fourth-order valence-corrected chi connectivity index (χ4v) is 2.19. The summed E-state index contributed by atoms with van der Waals surface area (Å²) >= 11 is 9.05. The molecule has 108 valence electrons. The highest BCUT2D eigenvalue weighted by atomic mass is 79.9. The van der Waals surface area contributed by atoms with E-state index < -0.39 is 0 Å². The summed E-state index contributed by atoms with van der Waals surface area (Å²) < 4.78 is 0.794. The van der Waals surface area contributed by atoms with Gasteiger partial charge >= 0.3 is 0 Å². The van der Waals surface area contributed by atoms with Gasteiger partial charge in [-0.15, -0.1) is 0 Å². The molecule has 0 saturated carbocycles. The number of carbonyl (C=O) groups excluding carboxylic acids is 2. The standard InChI is InChI=1S/C15H12BrClN2O2/c16-12-3-1-2-11(9-12)15(21)19-18-14(20)8-10-4-6-13(17)7-5-10/h1-7,9H,8H2,(H,18,20)(H,19,21). The molecule has 2 N–H and O–H groups in total. The maximum Gasteiger partial charge on any atom is 0.269 e. The van der Waals surface area contributed by atoms with Crippen LogP contribution in [0.15, 0.2) is 53.0 Å². The summed E-state index contributed by atoms with van der Waals surface area (Å²) in [5, 5.41) is 0.613. The number of amides is 2. The van der Waals surface area contributed by atoms with E-state index in [0.717, 1.165) is 10.0 Å². The van der Waals surface area contributed by atoms with Gasteiger partial charge in [-0.3, -0.25) is 20.4 Å². The average molecular weight is 368 g/mol. The van der Waals surface area contributed by atoms with Gasteiger partial charge in [-0.2, -0.15) is 0 Å². The highest BCUT2D eigenvalue weighted by Gasteiger charge is 2.08. The van der Waals surface area contributed by atoms with Crippen molar-refractivity contribution < 1.29 is 9.59 Å². The summed E-state index contributed by atoms with van der Waals surface area (Å²) in [7, 11) is 0. The zero-order valence-electron chi connectivity index (χ0n) is 10.9. The number of hydrogen-bond acceptors (Lipinski definition) is 2. The lowest BCUT2D eigenvalue weighted by molar-refractivity contribution is -0.121. The molecule has 2 rings (SSSR count). The molecule has 0 spiro atoms. The first kappa shape index (κ1) is 15.5. The van der Waals surface area contributed by atoms with E-state index in [0.29, 0.717) is 10.6 Å². The Bertz CT molecular complexity index is 659. The summed E-state index contributed by atoms with van der Waals surface area (Å²) in [4.78, 5) is 23.6. The largest absolute Gasteiger partial charge is 0.273 e. The monoisotopic (exact) mass is 366 g/mol. The lowest BCUT2D eigenvalue weighted by atomic mass is 10.1. The second-order valence-corrected chi connectivity index (χ2v) is 5.67. The molecule has 2 aromatic carbocycles. The van der Waals surface area contributed by atoms with Gasteiger partial charge < -0.3 is 0 Å². The number of carbonyl (C=O) groups is 2. The highest BCUT2D eigenvalue weighted by Crippen LogP contribution is 2.11. The number of hydrogen-bond donors (Lipinski definition) is 2. The van der Waals surface area contributed by atoms with Gasteiger partial charge in [-0.25, -0.2) is 0 Å². The van der Waals surface area contributed by atoms with Crippen LogP contribution in [0.25, 0.3) is 0 Å². The van der Waals surface area contributed by atoms with Gasteiger partial charge in [-0.05, 0) is 35.9 Å². The van der Waals surface area contributed by atoms with Crippen molar-refractivity contribution in [1.82, 2.24) is 10.9 Å². The van der Waals surface area contributed by atoms with E-state index in [1.54, 1.807) is 42.5 Å². The molecule has 4 nitrogen and oxygen atoms in total. The van der Waals surface area contributed by atoms with Crippen molar-refractivity contribution in [1.29, 1.82) is 0 Å². The molecule has 6 heteroatoms. The van der Waals surface area contributed by atoms with E-state index in [1.807, 2.05) is 6.07 Å². The summed E-state index contributed by atoms with van der Waals surface area (Å²) in [6.45, 7) is 0. The Morgan fingerprint density at radius 2 is 1.76 bits per heavy atom. The van der Waals surface area contributed by atoms with Crippen LogP contribution >= 0.6 is 27.5 Å². The molecule has 0 radical (unpaired) electrons. The molecule has 0 aliphatic carbocycles. The van der Waals surface area contributed by atoms with Gasteiger partial charge in [0.25, 0.3) is 5.91 Å². The van der Waals surface area contributed by atoms with Crippen molar-refractivity contribution >= 4 is 39.3 Å². The van der Waals surface area contributed by atoms with Crippen molar-refractivity contribution in [3.8, 4) is 0 Å². The third kappa shape index (κ3) is 4.88. The number of nitrogens with one attached hydrogen (secondary N) is 2. The Hall–Kier alpha value is -1.85. The Kier molecular flexibility index (Phi) is 5.36. The van der Waals surface area contributed by atoms with Crippen molar-refractivity contribution in [3.63, 3.8) is 0 Å². The maximum absolute atomic E-state index is 11.8. The smallest absolute Gasteiger partial charge is 0.269 e. The van der Waals surface area contributed by atoms with E-state index in [4.69, 9.17) is 11.6 Å². The lowest BCUT2D eigenvalue weighted by Gasteiger charge is -2.07. The normalized spacial score (nSPS) is 10.0. The average Bonchev–Trinajstić information content (AvgIpc) is 2.47. The molecule has 0 saturated heterocycles. The van der Waals surface area contributed by atoms with Crippen molar-refractivity contribution in [2.75, 3.05) is 0 Å². The number of rotatable bonds is 3. The Balaban J connectivity index is 1.86. The predicted octanol–water partition coefficient (Wildman–Crippen LogP) is 3.11. The molecular formula is C15H12BrClN2O2. The first-order valence-electron chi connectivity index (χ1n) is 6.14. The molecular weight excluding hydrogens is 356 g/mol. The van der Waals surface area contributed by atoms with Crippen LogP contribution in [-0.2, 0) is 11.2 Å². The molecule has 2 amide bonds. The van der Waals surface area contributed by atoms with Crippen LogP contribution < -0.4 is 10.9 Å². The van der Waals surface area contributed by atoms with Crippen LogP contribution in [0.4, 0.5) is 0 Å². The summed E-state index contributed by atoms with van der Waals surface area (Å²) in [6, 6.07) is 13.8. The zero-order chi connectivity index (χ0) is 15.2. The molecule has 2 aromatic rings. The van der Waals surface area contributed by atoms with E-state index in [1.165, 1.54) is 0 Å². The third-order valence-corrected chi connectivity index (χ3v) is 3.43. The Morgan fingerprint density at radius 3 is 2.43 bits per heavy atom. The van der Waals surface area contributed by atoms with Crippen LogP contribution in [0, 0.1) is 0 Å². The van der Waals surface area contributed by atoms with Gasteiger partial charge in [0, 0.05) is 15.1 Å². The van der Waals surface area contributed by atoms with E-state index in [-0.39, 0.29) is 18.2 Å². The Morgan fingerprint density at radius 1 is 1.05 bits per heavy atom. The van der Waals surface area contributed by atoms with Crippen molar-refractivity contribution in [2.45, 2.75) is 6.42 Å². The van der Waals surface area contributed by atoms with Crippen LogP contribution in [0.1, 0.15) is 15.9 Å². The molecule has 0 fully saturated rings. The van der Waals surface area contributed by atoms with Gasteiger partial charge in [0.15, 0.2) is 0 Å². The van der Waals surface area contributed by atoms with E-state index in [9.17, 15) is 9.59 Å². The molecule has 0 atom stereocenters. The summed E-state index contributed by atoms with van der Waals surface area (Å²) in [5.41, 5.74) is 6.02. The second-order valence-electron chi connectivity index (χ2n) is 4.32. The molecule has 0 bridgehead atoms. The van der Waals surface area contributed by atoms with Gasteiger partial charge in [0.2, 0.25) is 5.91 Å². The first-order chi connectivity index (χ1) is 10.0.